The molecule has 2 rings (SSSR count). The van der Waals surface area contributed by atoms with E-state index in [9.17, 15) is 0 Å². The zero-order chi connectivity index (χ0) is 17.3. The molecule has 1 unspecified atom stereocenters. The maximum absolute atomic E-state index is 4.66. The van der Waals surface area contributed by atoms with E-state index < -0.39 is 0 Å². The highest BCUT2D eigenvalue weighted by molar-refractivity contribution is 14.0. The first-order valence-corrected chi connectivity index (χ1v) is 9.88. The molecule has 0 bridgehead atoms. The Balaban J connectivity index is 0.00000312. The standard InChI is InChI=1S/C21H30N2S.HI/c1-4-5-6-7-11-15-21(23(2)3,20-22-17-18-24-20)16-14-19-12-9-8-10-13-19;/h8-10,12-14,16-18H,4-7,11,15H2,1-3H3;1H/b16-14+;. The van der Waals surface area contributed by atoms with Crippen LogP contribution in [-0.4, -0.2) is 24.0 Å². The number of aromatic nitrogens is 1. The highest BCUT2D eigenvalue weighted by Gasteiger charge is 2.33. The van der Waals surface area contributed by atoms with E-state index in [1.165, 1.54) is 42.7 Å². The van der Waals surface area contributed by atoms with E-state index in [4.69, 9.17) is 0 Å². The van der Waals surface area contributed by atoms with Crippen molar-refractivity contribution in [1.82, 2.24) is 9.88 Å². The molecule has 0 aliphatic rings. The fourth-order valence-electron chi connectivity index (χ4n) is 3.06. The molecule has 1 aromatic heterocycles. The first-order valence-electron chi connectivity index (χ1n) is 9.01. The smallest absolute Gasteiger partial charge is 0.117 e. The number of unbranched alkanes of at least 4 members (excludes halogenated alkanes) is 4. The number of likely N-dealkylation sites (N-methyl/N-ethyl adjacent to an activating group) is 1. The summed E-state index contributed by atoms with van der Waals surface area (Å²) in [6.45, 7) is 2.27. The Morgan fingerprint density at radius 2 is 1.80 bits per heavy atom. The second kappa shape index (κ2) is 11.8. The third-order valence-electron chi connectivity index (χ3n) is 4.61. The lowest BCUT2D eigenvalue weighted by molar-refractivity contribution is 0.190. The zero-order valence-corrected chi connectivity index (χ0v) is 18.8. The molecule has 2 aromatic rings. The van der Waals surface area contributed by atoms with Gasteiger partial charge in [0.15, 0.2) is 0 Å². The molecule has 4 heteroatoms. The molecule has 0 aliphatic carbocycles. The van der Waals surface area contributed by atoms with Gasteiger partial charge in [0, 0.05) is 11.6 Å². The summed E-state index contributed by atoms with van der Waals surface area (Å²) in [5.74, 6) is 0. The second-order valence-corrected chi connectivity index (χ2v) is 7.46. The lowest BCUT2D eigenvalue weighted by Crippen LogP contribution is -2.39. The number of benzene rings is 1. The molecule has 0 radical (unpaired) electrons. The number of thiazole rings is 1. The van der Waals surface area contributed by atoms with Gasteiger partial charge in [-0.2, -0.15) is 0 Å². The van der Waals surface area contributed by atoms with Crippen molar-refractivity contribution in [3.63, 3.8) is 0 Å². The molecule has 25 heavy (non-hydrogen) atoms. The molecule has 0 saturated carbocycles. The van der Waals surface area contributed by atoms with Gasteiger partial charge in [0.2, 0.25) is 0 Å². The van der Waals surface area contributed by atoms with Crippen LogP contribution in [0, 0.1) is 0 Å². The molecule has 0 amide bonds. The summed E-state index contributed by atoms with van der Waals surface area (Å²) in [7, 11) is 4.34. The fourth-order valence-corrected chi connectivity index (χ4v) is 3.99. The summed E-state index contributed by atoms with van der Waals surface area (Å²) in [5.41, 5.74) is 1.13. The number of hydrogen-bond acceptors (Lipinski definition) is 3. The van der Waals surface area contributed by atoms with Crippen LogP contribution in [0.2, 0.25) is 0 Å². The molecule has 1 aromatic carbocycles. The van der Waals surface area contributed by atoms with Gasteiger partial charge in [-0.25, -0.2) is 4.98 Å². The molecule has 138 valence electrons. The number of nitrogens with zero attached hydrogens (tertiary/aromatic N) is 2. The van der Waals surface area contributed by atoms with Crippen molar-refractivity contribution in [2.75, 3.05) is 14.1 Å². The Morgan fingerprint density at radius 3 is 2.40 bits per heavy atom. The van der Waals surface area contributed by atoms with Crippen molar-refractivity contribution in [3.8, 4) is 0 Å². The molecule has 1 heterocycles. The lowest BCUT2D eigenvalue weighted by atomic mass is 9.89. The van der Waals surface area contributed by atoms with Crippen LogP contribution >= 0.6 is 35.3 Å². The molecule has 0 aliphatic heterocycles. The highest BCUT2D eigenvalue weighted by atomic mass is 127. The Bertz CT molecular complexity index is 596. The van der Waals surface area contributed by atoms with Crippen molar-refractivity contribution in [2.45, 2.75) is 51.0 Å². The molecule has 0 fully saturated rings. The minimum absolute atomic E-state index is 0. The monoisotopic (exact) mass is 470 g/mol. The number of hydrogen-bond donors (Lipinski definition) is 0. The molecular weight excluding hydrogens is 439 g/mol. The molecule has 0 saturated heterocycles. The Kier molecular flexibility index (Phi) is 10.5. The van der Waals surface area contributed by atoms with Crippen LogP contribution in [0.25, 0.3) is 6.08 Å². The molecular formula is C21H31IN2S. The van der Waals surface area contributed by atoms with Crippen molar-refractivity contribution in [3.05, 3.63) is 58.6 Å². The summed E-state index contributed by atoms with van der Waals surface area (Å²) in [6.07, 6.45) is 14.1. The molecule has 2 nitrogen and oxygen atoms in total. The van der Waals surface area contributed by atoms with Crippen molar-refractivity contribution in [2.24, 2.45) is 0 Å². The summed E-state index contributed by atoms with van der Waals surface area (Å²) in [5, 5.41) is 3.27. The highest BCUT2D eigenvalue weighted by Crippen LogP contribution is 2.36. The minimum Gasteiger partial charge on any atom is -0.295 e. The first-order chi connectivity index (χ1) is 11.7. The number of rotatable bonds is 10. The van der Waals surface area contributed by atoms with Gasteiger partial charge in [-0.05, 0) is 26.1 Å². The van der Waals surface area contributed by atoms with Crippen LogP contribution in [-0.2, 0) is 5.54 Å². The van der Waals surface area contributed by atoms with Gasteiger partial charge in [0.25, 0.3) is 0 Å². The van der Waals surface area contributed by atoms with Gasteiger partial charge in [-0.3, -0.25) is 4.90 Å². The molecule has 0 spiro atoms. The van der Waals surface area contributed by atoms with Gasteiger partial charge in [-0.15, -0.1) is 35.3 Å². The fraction of sp³-hybridized carbons (Fsp3) is 0.476. The van der Waals surface area contributed by atoms with Crippen molar-refractivity contribution in [1.29, 1.82) is 0 Å². The van der Waals surface area contributed by atoms with Gasteiger partial charge >= 0.3 is 0 Å². The van der Waals surface area contributed by atoms with E-state index >= 15 is 0 Å². The Hall–Kier alpha value is -0.720. The van der Waals surface area contributed by atoms with E-state index in [1.807, 2.05) is 6.20 Å². The van der Waals surface area contributed by atoms with Gasteiger partial charge in [0.1, 0.15) is 5.01 Å². The van der Waals surface area contributed by atoms with Gasteiger partial charge in [-0.1, -0.05) is 81.5 Å². The SMILES string of the molecule is CCCCCCCC(/C=C/c1ccccc1)(c1nccs1)N(C)C.I. The summed E-state index contributed by atoms with van der Waals surface area (Å²) < 4.78 is 0. The first kappa shape index (κ1) is 22.3. The van der Waals surface area contributed by atoms with Crippen molar-refractivity contribution >= 4 is 41.4 Å². The van der Waals surface area contributed by atoms with Crippen molar-refractivity contribution < 1.29 is 0 Å². The second-order valence-electron chi connectivity index (χ2n) is 6.56. The zero-order valence-electron chi connectivity index (χ0n) is 15.6. The van der Waals surface area contributed by atoms with Crippen LogP contribution in [0.1, 0.15) is 56.0 Å². The largest absolute Gasteiger partial charge is 0.295 e. The van der Waals surface area contributed by atoms with Crippen LogP contribution < -0.4 is 0 Å². The predicted octanol–water partition coefficient (Wildman–Crippen LogP) is 6.59. The van der Waals surface area contributed by atoms with E-state index in [1.54, 1.807) is 11.3 Å². The third-order valence-corrected chi connectivity index (χ3v) is 5.55. The Morgan fingerprint density at radius 1 is 1.08 bits per heavy atom. The Labute approximate surface area is 174 Å². The third kappa shape index (κ3) is 6.50. The van der Waals surface area contributed by atoms with Crippen LogP contribution in [0.15, 0.2) is 48.0 Å². The average molecular weight is 470 g/mol. The summed E-state index contributed by atoms with van der Waals surface area (Å²) in [4.78, 5) is 6.99. The topological polar surface area (TPSA) is 16.1 Å². The summed E-state index contributed by atoms with van der Waals surface area (Å²) >= 11 is 1.76. The normalized spacial score (nSPS) is 13.8. The maximum Gasteiger partial charge on any atom is 0.117 e. The van der Waals surface area contributed by atoms with Gasteiger partial charge < -0.3 is 0 Å². The quantitative estimate of drug-likeness (QED) is 0.288. The van der Waals surface area contributed by atoms with E-state index in [2.05, 4.69) is 78.8 Å². The predicted molar refractivity (Wildman–Crippen MR) is 122 cm³/mol. The molecule has 1 atom stereocenters. The maximum atomic E-state index is 4.66. The van der Waals surface area contributed by atoms with Gasteiger partial charge in [0.05, 0.1) is 5.54 Å². The molecule has 0 N–H and O–H groups in total. The van der Waals surface area contributed by atoms with Crippen LogP contribution in [0.3, 0.4) is 0 Å². The van der Waals surface area contributed by atoms with Crippen LogP contribution in [0.5, 0.6) is 0 Å². The summed E-state index contributed by atoms with van der Waals surface area (Å²) in [6, 6.07) is 10.5. The van der Waals surface area contributed by atoms with E-state index in [-0.39, 0.29) is 29.5 Å². The minimum atomic E-state index is -0.115. The number of halogens is 1. The van der Waals surface area contributed by atoms with Crippen LogP contribution in [0.4, 0.5) is 0 Å². The van der Waals surface area contributed by atoms with E-state index in [0.717, 1.165) is 6.42 Å². The van der Waals surface area contributed by atoms with E-state index in [0.29, 0.717) is 0 Å². The average Bonchev–Trinajstić information content (AvgIpc) is 3.13. The lowest BCUT2D eigenvalue weighted by Gasteiger charge is -2.36.